The van der Waals surface area contributed by atoms with E-state index in [0.717, 1.165) is 52.2 Å². The molecular formula is C45H57F2N6O6S2Si. The van der Waals surface area contributed by atoms with Crippen molar-refractivity contribution in [3.8, 4) is 27.4 Å². The van der Waals surface area contributed by atoms with Gasteiger partial charge in [-0.2, -0.15) is 4.39 Å². The molecule has 6 rings (SSSR count). The molecule has 3 amide bonds. The fraction of sp³-hybridized carbons (Fsp3) is 0.533. The molecule has 0 saturated carbocycles. The number of benzene rings is 2. The summed E-state index contributed by atoms with van der Waals surface area (Å²) < 4.78 is 40.5. The quantitative estimate of drug-likeness (QED) is 0.0741. The summed E-state index contributed by atoms with van der Waals surface area (Å²) in [5.74, 6) is -3.85. The van der Waals surface area contributed by atoms with Crippen molar-refractivity contribution in [3.05, 3.63) is 70.2 Å². The van der Waals surface area contributed by atoms with Crippen molar-refractivity contribution in [3.63, 3.8) is 0 Å². The number of hydrogen-bond donors (Lipinski definition) is 3. The number of amides is 3. The Bertz CT molecular complexity index is 2140. The van der Waals surface area contributed by atoms with Gasteiger partial charge in [0.2, 0.25) is 23.5 Å². The maximum Gasteiger partial charge on any atom is 0.245 e. The summed E-state index contributed by atoms with van der Waals surface area (Å²) in [5, 5.41) is 19.5. The molecule has 3 radical (unpaired) electrons. The summed E-state index contributed by atoms with van der Waals surface area (Å²) in [6, 6.07) is 9.33. The number of carbonyl (C=O) groups excluding carboxylic acids is 3. The van der Waals surface area contributed by atoms with Crippen molar-refractivity contribution in [2.24, 2.45) is 11.3 Å². The first-order chi connectivity index (χ1) is 29.6. The fourth-order valence-corrected chi connectivity index (χ4v) is 9.95. The van der Waals surface area contributed by atoms with Crippen LogP contribution in [0.2, 0.25) is 0 Å². The topological polar surface area (TPSA) is 146 Å². The number of aryl methyl sites for hydroxylation is 1. The molecule has 2 aliphatic rings. The number of rotatable bonds is 17. The molecule has 333 valence electrons. The van der Waals surface area contributed by atoms with Gasteiger partial charge in [0.05, 0.1) is 69.9 Å². The van der Waals surface area contributed by atoms with Gasteiger partial charge < -0.3 is 35.0 Å². The number of aromatic nitrogens is 2. The minimum Gasteiger partial charge on any atom is -0.490 e. The third kappa shape index (κ3) is 11.8. The van der Waals surface area contributed by atoms with E-state index in [1.807, 2.05) is 69.8 Å². The third-order valence-electron chi connectivity index (χ3n) is 11.4. The maximum atomic E-state index is 15.0. The van der Waals surface area contributed by atoms with Gasteiger partial charge in [-0.1, -0.05) is 64.3 Å². The van der Waals surface area contributed by atoms with E-state index >= 15 is 0 Å². The van der Waals surface area contributed by atoms with Gasteiger partial charge in [-0.05, 0) is 61.8 Å². The minimum absolute atomic E-state index is 0.0187. The number of nitrogens with one attached hydrogen (secondary N) is 2. The van der Waals surface area contributed by atoms with Crippen LogP contribution in [0.4, 0.5) is 13.9 Å². The Morgan fingerprint density at radius 2 is 1.73 bits per heavy atom. The normalized spacial score (nSPS) is 19.2. The molecule has 2 aromatic heterocycles. The van der Waals surface area contributed by atoms with Gasteiger partial charge in [0.25, 0.3) is 0 Å². The van der Waals surface area contributed by atoms with E-state index in [9.17, 15) is 28.3 Å². The maximum absolute atomic E-state index is 15.0. The van der Waals surface area contributed by atoms with Crippen LogP contribution in [0.5, 0.6) is 5.75 Å². The van der Waals surface area contributed by atoms with Gasteiger partial charge in [-0.15, -0.1) is 22.7 Å². The van der Waals surface area contributed by atoms with Gasteiger partial charge >= 0.3 is 0 Å². The van der Waals surface area contributed by atoms with Crippen LogP contribution < -0.4 is 20.3 Å². The molecule has 62 heavy (non-hydrogen) atoms. The number of thiazole rings is 2. The number of β-amino-alcohol motifs (C(OH)–C–C–N with tert-alkyl or cyclic N) is 1. The Labute approximate surface area is 374 Å². The Hall–Kier alpha value is -4.29. The highest BCUT2D eigenvalue weighted by molar-refractivity contribution is 7.14. The van der Waals surface area contributed by atoms with E-state index < -0.39 is 40.8 Å². The zero-order valence-electron chi connectivity index (χ0n) is 36.0. The highest BCUT2D eigenvalue weighted by Gasteiger charge is 2.44. The molecule has 4 aromatic rings. The lowest BCUT2D eigenvalue weighted by atomic mass is 9.84. The van der Waals surface area contributed by atoms with E-state index in [1.54, 1.807) is 11.3 Å². The zero-order chi connectivity index (χ0) is 44.6. The smallest absolute Gasteiger partial charge is 0.245 e. The number of hydrogen-bond acceptors (Lipinski definition) is 11. The molecular weight excluding hydrogens is 851 g/mol. The Morgan fingerprint density at radius 3 is 2.42 bits per heavy atom. The number of morpholine rings is 1. The number of anilines is 1. The average Bonchev–Trinajstić information content (AvgIpc) is 3.92. The van der Waals surface area contributed by atoms with Gasteiger partial charge in [-0.3, -0.25) is 14.4 Å². The van der Waals surface area contributed by atoms with E-state index in [0.29, 0.717) is 50.4 Å². The highest BCUT2D eigenvalue weighted by Crippen LogP contribution is 2.37. The lowest BCUT2D eigenvalue weighted by Gasteiger charge is -2.44. The average molecular weight is 908 g/mol. The lowest BCUT2D eigenvalue weighted by molar-refractivity contribution is -0.147. The number of likely N-dealkylation sites (tertiary alicyclic amines) is 1. The Morgan fingerprint density at radius 1 is 1.02 bits per heavy atom. The van der Waals surface area contributed by atoms with Crippen LogP contribution in [0.25, 0.3) is 21.7 Å². The second-order valence-corrected chi connectivity index (χ2v) is 19.4. The number of ether oxygens (including phenoxy) is 2. The first-order valence-electron chi connectivity index (χ1n) is 21.3. The number of carbonyl (C=O) groups is 3. The molecule has 12 nitrogen and oxygen atoms in total. The van der Waals surface area contributed by atoms with Gasteiger partial charge in [0, 0.05) is 42.7 Å². The molecule has 2 aliphatic heterocycles. The van der Waals surface area contributed by atoms with Crippen molar-refractivity contribution in [1.29, 1.82) is 0 Å². The van der Waals surface area contributed by atoms with Crippen molar-refractivity contribution in [1.82, 2.24) is 25.5 Å². The van der Waals surface area contributed by atoms with Crippen molar-refractivity contribution in [2.45, 2.75) is 103 Å². The third-order valence-corrected chi connectivity index (χ3v) is 14.0. The molecule has 0 spiro atoms. The van der Waals surface area contributed by atoms with Crippen LogP contribution in [-0.4, -0.2) is 105 Å². The fourth-order valence-electron chi connectivity index (χ4n) is 7.74. The minimum atomic E-state index is -1.04. The molecule has 17 heteroatoms. The van der Waals surface area contributed by atoms with Crippen LogP contribution >= 0.6 is 22.7 Å². The number of piperidine rings is 1. The van der Waals surface area contributed by atoms with Gasteiger partial charge in [-0.25, -0.2) is 14.4 Å². The van der Waals surface area contributed by atoms with Crippen molar-refractivity contribution < 1.29 is 37.7 Å². The predicted octanol–water partition coefficient (Wildman–Crippen LogP) is 7.19. The first-order valence-corrected chi connectivity index (χ1v) is 23.6. The first kappa shape index (κ1) is 47.2. The van der Waals surface area contributed by atoms with Crippen molar-refractivity contribution >= 4 is 55.8 Å². The summed E-state index contributed by atoms with van der Waals surface area (Å²) in [4.78, 5) is 54.7. The Balaban J connectivity index is 0.948. The standard InChI is InChI=1S/C45H57F2N6O6S2Si/c1-27(29-12-14-30(15-13-29)39-28(2)48-26-61-39)49-41(56)33-23-31(54)24-53(43(33)62)42(57)40(45(3,4)5)51-36(55)11-9-7-6-8-10-20-59-38-32(16-17-34(46)37(38)47)35-25-60-44(50-35)52-18-21-58-22-19-52/h12-17,25-27,31,33,40,43,54H,6-11,18-24H2,1-5H3,(H,49,56)(H,51,55)/t27-,31+,33?,40+,43?/m0/s1. The van der Waals surface area contributed by atoms with Crippen LogP contribution in [-0.2, 0) is 19.1 Å². The summed E-state index contributed by atoms with van der Waals surface area (Å²) in [5.41, 5.74) is 4.31. The molecule has 0 aliphatic carbocycles. The molecule has 2 unspecified atom stereocenters. The van der Waals surface area contributed by atoms with Gasteiger partial charge in [0.1, 0.15) is 6.04 Å². The second kappa shape index (κ2) is 21.4. The summed E-state index contributed by atoms with van der Waals surface area (Å²) >= 11 is 3.02. The van der Waals surface area contributed by atoms with Crippen molar-refractivity contribution in [2.75, 3.05) is 44.4 Å². The number of halogens is 2. The molecule has 2 aromatic carbocycles. The largest absolute Gasteiger partial charge is 0.490 e. The van der Waals surface area contributed by atoms with E-state index in [1.165, 1.54) is 22.3 Å². The van der Waals surface area contributed by atoms with E-state index in [4.69, 9.17) is 9.47 Å². The molecule has 3 N–H and O–H groups in total. The molecule has 4 heterocycles. The van der Waals surface area contributed by atoms with E-state index in [2.05, 4.69) is 35.7 Å². The van der Waals surface area contributed by atoms with E-state index in [-0.39, 0.29) is 55.5 Å². The van der Waals surface area contributed by atoms with Crippen LogP contribution in [0.1, 0.15) is 89.9 Å². The monoisotopic (exact) mass is 907 g/mol. The molecule has 5 atom stereocenters. The number of aliphatic hydroxyl groups excluding tert-OH is 1. The predicted molar refractivity (Wildman–Crippen MR) is 239 cm³/mol. The molecule has 2 fully saturated rings. The summed E-state index contributed by atoms with van der Waals surface area (Å²) in [6.07, 6.45) is 2.94. The van der Waals surface area contributed by atoms with Gasteiger partial charge in [0.15, 0.2) is 16.7 Å². The lowest BCUT2D eigenvalue weighted by Crippen LogP contribution is -2.63. The van der Waals surface area contributed by atoms with Crippen LogP contribution in [0, 0.1) is 29.9 Å². The molecule has 0 bridgehead atoms. The van der Waals surface area contributed by atoms with Crippen LogP contribution in [0.15, 0.2) is 47.3 Å². The van der Waals surface area contributed by atoms with Crippen LogP contribution in [0.3, 0.4) is 0 Å². The number of nitrogens with zero attached hydrogens (tertiary/aromatic N) is 4. The Kier molecular flexibility index (Phi) is 16.3. The second-order valence-electron chi connectivity index (χ2n) is 17.1. The zero-order valence-corrected chi connectivity index (χ0v) is 38.7. The summed E-state index contributed by atoms with van der Waals surface area (Å²) in [6.45, 7) is 12.3. The number of aliphatic hydroxyl groups is 1. The molecule has 2 saturated heterocycles. The number of unbranched alkanes of at least 4 members (excludes halogenated alkanes) is 4. The summed E-state index contributed by atoms with van der Waals surface area (Å²) in [7, 11) is 3.69. The highest BCUT2D eigenvalue weighted by atomic mass is 32.1. The SMILES string of the molecule is Cc1ncsc1-c1ccc([C@H](C)NC(=O)C2C[C@@H](O)CN(C(=O)[C@@H](NC(=O)CCCCCCCOc3c(-c4csc(N5CCOCC5)n4)ccc(F)c3F)C(C)(C)C)C2[Si])cc1.